The normalized spacial score (nSPS) is 15.0. The number of carbonyl (C=O) groups is 1. The van der Waals surface area contributed by atoms with E-state index in [9.17, 15) is 4.79 Å². The van der Waals surface area contributed by atoms with Gasteiger partial charge in [0.15, 0.2) is 6.54 Å². The molecule has 0 unspecified atom stereocenters. The zero-order valence-electron chi connectivity index (χ0n) is 15.2. The molecule has 5 nitrogen and oxygen atoms in total. The van der Waals surface area contributed by atoms with Crippen LogP contribution in [0.4, 0.5) is 11.4 Å². The monoisotopic (exact) mass is 418 g/mol. The molecule has 0 aromatic heterocycles. The van der Waals surface area contributed by atoms with E-state index in [0.29, 0.717) is 6.54 Å². The standard InChI is InChI=1S/C20H24BrN3O2/c1-15-3-8-19(18(21)13-15)22-20(25)14-23-9-11-24(12-10-23)16-4-6-17(26-2)7-5-16/h3-8,13H,9-12,14H2,1-2H3,(H,22,25)/p+1. The zero-order chi connectivity index (χ0) is 18.5. The van der Waals surface area contributed by atoms with Crippen molar-refractivity contribution in [2.24, 2.45) is 0 Å². The first-order chi connectivity index (χ1) is 12.5. The number of anilines is 2. The lowest BCUT2D eigenvalue weighted by Crippen LogP contribution is -3.15. The summed E-state index contributed by atoms with van der Waals surface area (Å²) in [5.74, 6) is 0.930. The number of rotatable bonds is 5. The number of halogens is 1. The van der Waals surface area contributed by atoms with Crippen LogP contribution >= 0.6 is 15.9 Å². The Labute approximate surface area is 163 Å². The third-order valence-corrected chi connectivity index (χ3v) is 5.37. The van der Waals surface area contributed by atoms with E-state index in [0.717, 1.165) is 47.7 Å². The lowest BCUT2D eigenvalue weighted by molar-refractivity contribution is -0.892. The van der Waals surface area contributed by atoms with Gasteiger partial charge >= 0.3 is 0 Å². The highest BCUT2D eigenvalue weighted by Crippen LogP contribution is 2.23. The summed E-state index contributed by atoms with van der Waals surface area (Å²) >= 11 is 3.51. The second kappa shape index (κ2) is 8.56. The highest BCUT2D eigenvalue weighted by Gasteiger charge is 2.22. The molecule has 2 aromatic rings. The summed E-state index contributed by atoms with van der Waals surface area (Å²) in [4.78, 5) is 16.0. The van der Waals surface area contributed by atoms with Crippen molar-refractivity contribution in [3.63, 3.8) is 0 Å². The maximum absolute atomic E-state index is 12.4. The predicted octanol–water partition coefficient (Wildman–Crippen LogP) is 2.11. The molecule has 0 atom stereocenters. The lowest BCUT2D eigenvalue weighted by Gasteiger charge is -2.33. The smallest absolute Gasteiger partial charge is 0.279 e. The predicted molar refractivity (Wildman–Crippen MR) is 108 cm³/mol. The van der Waals surface area contributed by atoms with E-state index in [1.165, 1.54) is 10.6 Å². The Bertz CT molecular complexity index is 756. The van der Waals surface area contributed by atoms with Gasteiger partial charge in [-0.25, -0.2) is 0 Å². The molecule has 0 saturated carbocycles. The number of amides is 1. The number of benzene rings is 2. The summed E-state index contributed by atoms with van der Waals surface area (Å²) in [6.45, 7) is 6.33. The fraction of sp³-hybridized carbons (Fsp3) is 0.350. The number of hydrogen-bond donors (Lipinski definition) is 2. The van der Waals surface area contributed by atoms with Crippen LogP contribution in [-0.4, -0.2) is 45.7 Å². The number of nitrogens with one attached hydrogen (secondary N) is 2. The molecule has 0 radical (unpaired) electrons. The highest BCUT2D eigenvalue weighted by atomic mass is 79.9. The van der Waals surface area contributed by atoms with Crippen molar-refractivity contribution >= 4 is 33.2 Å². The molecule has 1 saturated heterocycles. The van der Waals surface area contributed by atoms with Crippen LogP contribution < -0.4 is 19.9 Å². The summed E-state index contributed by atoms with van der Waals surface area (Å²) in [6.07, 6.45) is 0. The first-order valence-corrected chi connectivity index (χ1v) is 9.63. The number of nitrogens with zero attached hydrogens (tertiary/aromatic N) is 1. The molecule has 1 aliphatic rings. The van der Waals surface area contributed by atoms with Gasteiger partial charge in [0.25, 0.3) is 5.91 Å². The second-order valence-electron chi connectivity index (χ2n) is 6.64. The first kappa shape index (κ1) is 18.7. The van der Waals surface area contributed by atoms with Crippen LogP contribution in [0.1, 0.15) is 5.56 Å². The van der Waals surface area contributed by atoms with E-state index < -0.39 is 0 Å². The van der Waals surface area contributed by atoms with Crippen LogP contribution in [0.15, 0.2) is 46.9 Å². The molecule has 1 fully saturated rings. The molecule has 0 bridgehead atoms. The Balaban J connectivity index is 1.49. The Morgan fingerprint density at radius 1 is 1.19 bits per heavy atom. The van der Waals surface area contributed by atoms with Crippen molar-refractivity contribution < 1.29 is 14.4 Å². The molecule has 2 N–H and O–H groups in total. The fourth-order valence-electron chi connectivity index (χ4n) is 3.19. The third kappa shape index (κ3) is 4.77. The van der Waals surface area contributed by atoms with E-state index in [4.69, 9.17) is 4.74 Å². The van der Waals surface area contributed by atoms with E-state index in [2.05, 4.69) is 38.3 Å². The molecular weight excluding hydrogens is 394 g/mol. The molecule has 0 aliphatic carbocycles. The van der Waals surface area contributed by atoms with Gasteiger partial charge in [-0.15, -0.1) is 0 Å². The van der Waals surface area contributed by atoms with Crippen LogP contribution in [0.25, 0.3) is 0 Å². The van der Waals surface area contributed by atoms with Gasteiger partial charge in [-0.3, -0.25) is 4.79 Å². The zero-order valence-corrected chi connectivity index (χ0v) is 16.8. The molecule has 1 heterocycles. The van der Waals surface area contributed by atoms with Crippen LogP contribution in [0, 0.1) is 6.92 Å². The average molecular weight is 419 g/mol. The van der Waals surface area contributed by atoms with Crippen molar-refractivity contribution in [2.75, 3.05) is 50.1 Å². The summed E-state index contributed by atoms with van der Waals surface area (Å²) in [5.41, 5.74) is 3.20. The summed E-state index contributed by atoms with van der Waals surface area (Å²) < 4.78 is 6.13. The summed E-state index contributed by atoms with van der Waals surface area (Å²) in [7, 11) is 1.68. The average Bonchev–Trinajstić information content (AvgIpc) is 2.65. The molecule has 1 amide bonds. The molecule has 3 rings (SSSR count). The molecule has 1 aliphatic heterocycles. The van der Waals surface area contributed by atoms with Crippen molar-refractivity contribution in [3.05, 3.63) is 52.5 Å². The maximum Gasteiger partial charge on any atom is 0.279 e. The van der Waals surface area contributed by atoms with Gasteiger partial charge in [0, 0.05) is 10.2 Å². The van der Waals surface area contributed by atoms with Crippen LogP contribution in [0.5, 0.6) is 5.75 Å². The number of quaternary nitrogens is 1. The molecule has 0 spiro atoms. The third-order valence-electron chi connectivity index (χ3n) is 4.72. The number of methoxy groups -OCH3 is 1. The van der Waals surface area contributed by atoms with E-state index >= 15 is 0 Å². The van der Waals surface area contributed by atoms with E-state index in [1.54, 1.807) is 7.11 Å². The topological polar surface area (TPSA) is 46.0 Å². The van der Waals surface area contributed by atoms with Crippen LogP contribution in [0.3, 0.4) is 0 Å². The Morgan fingerprint density at radius 2 is 1.88 bits per heavy atom. The van der Waals surface area contributed by atoms with Gasteiger partial charge in [-0.2, -0.15) is 0 Å². The van der Waals surface area contributed by atoms with Gasteiger partial charge in [-0.05, 0) is 64.8 Å². The quantitative estimate of drug-likeness (QED) is 0.781. The summed E-state index contributed by atoms with van der Waals surface area (Å²) in [6, 6.07) is 14.1. The van der Waals surface area contributed by atoms with Crippen LogP contribution in [-0.2, 0) is 4.79 Å². The molecule has 138 valence electrons. The number of aryl methyl sites for hydroxylation is 1. The fourth-order valence-corrected chi connectivity index (χ4v) is 3.79. The number of hydrogen-bond acceptors (Lipinski definition) is 3. The second-order valence-corrected chi connectivity index (χ2v) is 7.50. The van der Waals surface area contributed by atoms with Crippen molar-refractivity contribution in [3.8, 4) is 5.75 Å². The molecule has 2 aromatic carbocycles. The summed E-state index contributed by atoms with van der Waals surface area (Å²) in [5, 5.41) is 3.01. The SMILES string of the molecule is COc1ccc(N2CC[NH+](CC(=O)Nc3ccc(C)cc3Br)CC2)cc1. The number of piperazine rings is 1. The minimum atomic E-state index is 0.0578. The number of carbonyl (C=O) groups excluding carboxylic acids is 1. The number of ether oxygens (including phenoxy) is 1. The minimum absolute atomic E-state index is 0.0578. The lowest BCUT2D eigenvalue weighted by atomic mass is 10.2. The maximum atomic E-state index is 12.4. The van der Waals surface area contributed by atoms with Crippen molar-refractivity contribution in [2.45, 2.75) is 6.92 Å². The molecular formula is C20H25BrN3O2+. The largest absolute Gasteiger partial charge is 0.497 e. The van der Waals surface area contributed by atoms with E-state index in [1.807, 2.05) is 37.3 Å². The van der Waals surface area contributed by atoms with Crippen molar-refractivity contribution in [1.82, 2.24) is 0 Å². The minimum Gasteiger partial charge on any atom is -0.497 e. The molecule has 6 heteroatoms. The Morgan fingerprint density at radius 3 is 2.50 bits per heavy atom. The first-order valence-electron chi connectivity index (χ1n) is 8.84. The van der Waals surface area contributed by atoms with Gasteiger partial charge in [0.1, 0.15) is 5.75 Å². The molecule has 26 heavy (non-hydrogen) atoms. The van der Waals surface area contributed by atoms with E-state index in [-0.39, 0.29) is 5.91 Å². The van der Waals surface area contributed by atoms with Gasteiger partial charge in [0.2, 0.25) is 0 Å². The van der Waals surface area contributed by atoms with Gasteiger partial charge in [-0.1, -0.05) is 6.07 Å². The highest BCUT2D eigenvalue weighted by molar-refractivity contribution is 9.10. The van der Waals surface area contributed by atoms with Crippen molar-refractivity contribution in [1.29, 1.82) is 0 Å². The van der Waals surface area contributed by atoms with Gasteiger partial charge in [0.05, 0.1) is 39.0 Å². The van der Waals surface area contributed by atoms with Crippen LogP contribution in [0.2, 0.25) is 0 Å². The van der Waals surface area contributed by atoms with Gasteiger partial charge < -0.3 is 19.9 Å². The Hall–Kier alpha value is -2.05. The Kier molecular flexibility index (Phi) is 6.16.